The van der Waals surface area contributed by atoms with Crippen molar-refractivity contribution in [3.05, 3.63) is 64.3 Å². The molecule has 0 bridgehead atoms. The molecule has 1 aromatic heterocycles. The molecule has 3 rings (SSSR count). The van der Waals surface area contributed by atoms with Crippen molar-refractivity contribution < 1.29 is 0 Å². The van der Waals surface area contributed by atoms with E-state index in [1.165, 1.54) is 27.3 Å². The molecule has 0 saturated heterocycles. The van der Waals surface area contributed by atoms with Gasteiger partial charge in [-0.1, -0.05) is 50.7 Å². The molecule has 1 aliphatic heterocycles. The highest BCUT2D eigenvalue weighted by Crippen LogP contribution is 2.42. The van der Waals surface area contributed by atoms with E-state index in [0.717, 1.165) is 12.1 Å². The topological polar surface area (TPSA) is 12.9 Å². The highest BCUT2D eigenvalue weighted by molar-refractivity contribution is 8.03. The molecule has 0 N–H and O–H groups in total. The fourth-order valence-electron chi connectivity index (χ4n) is 3.21. The second kappa shape index (κ2) is 6.70. The Hall–Kier alpha value is -1.54. The third kappa shape index (κ3) is 3.27. The maximum atomic E-state index is 4.40. The Bertz CT molecular complexity index is 673. The fourth-order valence-corrected chi connectivity index (χ4v) is 4.36. The first-order valence-corrected chi connectivity index (χ1v) is 8.91. The molecule has 0 radical (unpaired) electrons. The zero-order chi connectivity index (χ0) is 15.5. The van der Waals surface area contributed by atoms with Gasteiger partial charge in [-0.05, 0) is 58.6 Å². The molecule has 0 spiro atoms. The predicted molar refractivity (Wildman–Crippen MR) is 96.1 cm³/mol. The number of thioether (sulfide) groups is 1. The number of nitrogens with zero attached hydrogens (tertiary/aromatic N) is 1. The first-order valence-electron chi connectivity index (χ1n) is 8.09. The Morgan fingerprint density at radius 1 is 1.23 bits per heavy atom. The van der Waals surface area contributed by atoms with Gasteiger partial charge in [-0.3, -0.25) is 4.98 Å². The normalized spacial score (nSPS) is 17.0. The molecule has 0 amide bonds. The van der Waals surface area contributed by atoms with Crippen LogP contribution in [0.25, 0.3) is 6.08 Å². The number of rotatable bonds is 4. The van der Waals surface area contributed by atoms with Gasteiger partial charge in [-0.15, -0.1) is 0 Å². The molecule has 2 heteroatoms. The standard InChI is InChI=1S/C20H23NS/c1-4-19(14(2)3)15-8-9-16-11-18(22-20(16)12-15)13-17-7-5-6-10-21-17/h5-10,12-14,19H,4,11H2,1-3H3. The molecule has 1 atom stereocenters. The van der Waals surface area contributed by atoms with E-state index in [1.54, 1.807) is 0 Å². The maximum absolute atomic E-state index is 4.40. The van der Waals surface area contributed by atoms with Crippen LogP contribution in [0, 0.1) is 5.92 Å². The predicted octanol–water partition coefficient (Wildman–Crippen LogP) is 5.92. The Morgan fingerprint density at radius 3 is 2.77 bits per heavy atom. The van der Waals surface area contributed by atoms with Crippen molar-refractivity contribution >= 4 is 17.8 Å². The van der Waals surface area contributed by atoms with Crippen LogP contribution >= 0.6 is 11.8 Å². The number of benzene rings is 1. The molecule has 114 valence electrons. The van der Waals surface area contributed by atoms with Crippen LogP contribution in [0.15, 0.2) is 52.4 Å². The lowest BCUT2D eigenvalue weighted by atomic mass is 9.86. The van der Waals surface area contributed by atoms with Crippen molar-refractivity contribution in [1.29, 1.82) is 0 Å². The molecule has 22 heavy (non-hydrogen) atoms. The van der Waals surface area contributed by atoms with Crippen LogP contribution in [0.3, 0.4) is 0 Å². The fraction of sp³-hybridized carbons (Fsp3) is 0.350. The summed E-state index contributed by atoms with van der Waals surface area (Å²) in [7, 11) is 0. The first kappa shape index (κ1) is 15.4. The summed E-state index contributed by atoms with van der Waals surface area (Å²) in [5, 5.41) is 0. The molecule has 1 nitrogen and oxygen atoms in total. The Kier molecular flexibility index (Phi) is 4.68. The lowest BCUT2D eigenvalue weighted by Gasteiger charge is -2.20. The quantitative estimate of drug-likeness (QED) is 0.695. The summed E-state index contributed by atoms with van der Waals surface area (Å²) in [6.07, 6.45) is 6.31. The van der Waals surface area contributed by atoms with Crippen LogP contribution in [-0.2, 0) is 6.42 Å². The van der Waals surface area contributed by atoms with Crippen molar-refractivity contribution in [2.75, 3.05) is 0 Å². The second-order valence-corrected chi connectivity index (χ2v) is 7.44. The second-order valence-electron chi connectivity index (χ2n) is 6.27. The van der Waals surface area contributed by atoms with E-state index in [1.807, 2.05) is 30.1 Å². The van der Waals surface area contributed by atoms with Crippen LogP contribution in [-0.4, -0.2) is 4.98 Å². The van der Waals surface area contributed by atoms with E-state index in [9.17, 15) is 0 Å². The van der Waals surface area contributed by atoms with Crippen LogP contribution in [0.2, 0.25) is 0 Å². The van der Waals surface area contributed by atoms with Gasteiger partial charge in [0.05, 0.1) is 5.69 Å². The lowest BCUT2D eigenvalue weighted by Crippen LogP contribution is -2.05. The average Bonchev–Trinajstić information content (AvgIpc) is 2.90. The number of aromatic nitrogens is 1. The minimum Gasteiger partial charge on any atom is -0.257 e. The van der Waals surface area contributed by atoms with Gasteiger partial charge in [0, 0.05) is 17.5 Å². The molecule has 1 aliphatic rings. The zero-order valence-electron chi connectivity index (χ0n) is 13.5. The number of hydrogen-bond acceptors (Lipinski definition) is 2. The largest absolute Gasteiger partial charge is 0.257 e. The van der Waals surface area contributed by atoms with Crippen LogP contribution in [0.4, 0.5) is 0 Å². The Labute approximate surface area is 137 Å². The number of allylic oxidation sites excluding steroid dienone is 1. The minimum atomic E-state index is 0.662. The van der Waals surface area contributed by atoms with E-state index in [0.29, 0.717) is 11.8 Å². The summed E-state index contributed by atoms with van der Waals surface area (Å²) in [5.74, 6) is 1.35. The summed E-state index contributed by atoms with van der Waals surface area (Å²) in [4.78, 5) is 7.22. The Balaban J connectivity index is 1.83. The SMILES string of the molecule is CCC(c1ccc2c(c1)SC(=Cc1ccccn1)C2)C(C)C. The molecule has 2 aromatic rings. The summed E-state index contributed by atoms with van der Waals surface area (Å²) in [6, 6.07) is 13.1. The van der Waals surface area contributed by atoms with Gasteiger partial charge in [0.2, 0.25) is 0 Å². The molecule has 2 heterocycles. The third-order valence-corrected chi connectivity index (χ3v) is 5.49. The van der Waals surface area contributed by atoms with Crippen molar-refractivity contribution in [1.82, 2.24) is 4.98 Å². The third-order valence-electron chi connectivity index (χ3n) is 4.37. The van der Waals surface area contributed by atoms with Gasteiger partial charge in [0.1, 0.15) is 0 Å². The summed E-state index contributed by atoms with van der Waals surface area (Å²) < 4.78 is 0. The Morgan fingerprint density at radius 2 is 2.09 bits per heavy atom. The first-order chi connectivity index (χ1) is 10.7. The van der Waals surface area contributed by atoms with Gasteiger partial charge in [-0.2, -0.15) is 0 Å². The molecule has 1 unspecified atom stereocenters. The highest BCUT2D eigenvalue weighted by atomic mass is 32.2. The molecule has 0 fully saturated rings. The van der Waals surface area contributed by atoms with Gasteiger partial charge in [-0.25, -0.2) is 0 Å². The number of pyridine rings is 1. The van der Waals surface area contributed by atoms with Crippen LogP contribution in [0.5, 0.6) is 0 Å². The van der Waals surface area contributed by atoms with Gasteiger partial charge < -0.3 is 0 Å². The maximum Gasteiger partial charge on any atom is 0.0637 e. The van der Waals surface area contributed by atoms with E-state index < -0.39 is 0 Å². The molecular formula is C20H23NS. The summed E-state index contributed by atoms with van der Waals surface area (Å²) >= 11 is 1.91. The van der Waals surface area contributed by atoms with Crippen LogP contribution in [0.1, 0.15) is 49.9 Å². The minimum absolute atomic E-state index is 0.662. The van der Waals surface area contributed by atoms with E-state index >= 15 is 0 Å². The van der Waals surface area contributed by atoms with Crippen molar-refractivity contribution in [3.8, 4) is 0 Å². The zero-order valence-corrected chi connectivity index (χ0v) is 14.4. The van der Waals surface area contributed by atoms with Gasteiger partial charge in [0.15, 0.2) is 0 Å². The highest BCUT2D eigenvalue weighted by Gasteiger charge is 2.20. The molecular weight excluding hydrogens is 286 g/mol. The monoisotopic (exact) mass is 309 g/mol. The average molecular weight is 309 g/mol. The van der Waals surface area contributed by atoms with Gasteiger partial charge >= 0.3 is 0 Å². The molecule has 1 aromatic carbocycles. The van der Waals surface area contributed by atoms with E-state index in [-0.39, 0.29) is 0 Å². The summed E-state index contributed by atoms with van der Waals surface area (Å²) in [5.41, 5.74) is 3.99. The van der Waals surface area contributed by atoms with Gasteiger partial charge in [0.25, 0.3) is 0 Å². The molecule has 0 aliphatic carbocycles. The smallest absolute Gasteiger partial charge is 0.0637 e. The van der Waals surface area contributed by atoms with Crippen LogP contribution < -0.4 is 0 Å². The summed E-state index contributed by atoms with van der Waals surface area (Å²) in [6.45, 7) is 6.93. The number of hydrogen-bond donors (Lipinski definition) is 0. The molecule has 0 saturated carbocycles. The lowest BCUT2D eigenvalue weighted by molar-refractivity contribution is 0.484. The van der Waals surface area contributed by atoms with Crippen molar-refractivity contribution in [2.24, 2.45) is 5.92 Å². The van der Waals surface area contributed by atoms with Crippen molar-refractivity contribution in [3.63, 3.8) is 0 Å². The van der Waals surface area contributed by atoms with E-state index in [2.05, 4.69) is 56.1 Å². The van der Waals surface area contributed by atoms with E-state index in [4.69, 9.17) is 0 Å². The van der Waals surface area contributed by atoms with Crippen molar-refractivity contribution in [2.45, 2.75) is 44.4 Å². The number of fused-ring (bicyclic) bond motifs is 1.